The van der Waals surface area contributed by atoms with Gasteiger partial charge in [-0.25, -0.2) is 0 Å². The number of benzene rings is 2. The number of halogens is 2. The molecular formula is C20H20F2N4O2. The monoisotopic (exact) mass is 386 g/mol. The summed E-state index contributed by atoms with van der Waals surface area (Å²) in [5.74, 6) is -4.78. The van der Waals surface area contributed by atoms with E-state index in [0.717, 1.165) is 0 Å². The zero-order valence-electron chi connectivity index (χ0n) is 15.7. The molecule has 0 unspecified atom stereocenters. The molecule has 0 aromatic heterocycles. The van der Waals surface area contributed by atoms with Crippen LogP contribution in [0.1, 0.15) is 31.9 Å². The van der Waals surface area contributed by atoms with Crippen molar-refractivity contribution in [3.63, 3.8) is 0 Å². The maximum Gasteiger partial charge on any atom is 0.322 e. The van der Waals surface area contributed by atoms with Crippen molar-refractivity contribution in [3.05, 3.63) is 59.7 Å². The predicted molar refractivity (Wildman–Crippen MR) is 103 cm³/mol. The molecule has 0 saturated heterocycles. The molecule has 2 aromatic rings. The van der Waals surface area contributed by atoms with Gasteiger partial charge >= 0.3 is 5.92 Å². The Morgan fingerprint density at radius 2 is 1.32 bits per heavy atom. The topological polar surface area (TPSA) is 106 Å². The number of nitrogens with zero attached hydrogens (tertiary/aromatic N) is 2. The highest BCUT2D eigenvalue weighted by Crippen LogP contribution is 2.16. The van der Waals surface area contributed by atoms with Crippen LogP contribution in [0.5, 0.6) is 0 Å². The van der Waals surface area contributed by atoms with E-state index in [1.165, 1.54) is 24.3 Å². The molecular weight excluding hydrogens is 366 g/mol. The molecule has 0 radical (unpaired) electrons. The molecule has 0 aliphatic carbocycles. The average molecular weight is 386 g/mol. The van der Waals surface area contributed by atoms with Crippen molar-refractivity contribution in [1.82, 2.24) is 0 Å². The maximum absolute atomic E-state index is 12.5. The number of amides is 2. The second kappa shape index (κ2) is 12.6. The van der Waals surface area contributed by atoms with Gasteiger partial charge in [-0.15, -0.1) is 0 Å². The molecule has 8 heteroatoms. The van der Waals surface area contributed by atoms with Crippen molar-refractivity contribution in [3.8, 4) is 12.1 Å². The first-order chi connectivity index (χ1) is 13.3. The van der Waals surface area contributed by atoms with Crippen LogP contribution < -0.4 is 10.6 Å². The average Bonchev–Trinajstić information content (AvgIpc) is 2.71. The Labute approximate surface area is 162 Å². The highest BCUT2D eigenvalue weighted by molar-refractivity contribution is 5.95. The summed E-state index contributed by atoms with van der Waals surface area (Å²) in [6, 6.07) is 16.1. The Hall–Kier alpha value is -3.78. The fraction of sp³-hybridized carbons (Fsp3) is 0.200. The van der Waals surface area contributed by atoms with Gasteiger partial charge in [-0.1, -0.05) is 13.8 Å². The summed E-state index contributed by atoms with van der Waals surface area (Å²) in [6.07, 6.45) is 0.599. The molecule has 0 atom stereocenters. The summed E-state index contributed by atoms with van der Waals surface area (Å²) in [4.78, 5) is 20.8. The number of alkyl halides is 2. The van der Waals surface area contributed by atoms with E-state index in [1.54, 1.807) is 24.3 Å². The number of carbonyl (C=O) groups is 2. The van der Waals surface area contributed by atoms with Crippen LogP contribution in [-0.4, -0.2) is 18.2 Å². The Morgan fingerprint density at radius 1 is 0.929 bits per heavy atom. The van der Waals surface area contributed by atoms with Crippen molar-refractivity contribution in [2.75, 3.05) is 10.6 Å². The van der Waals surface area contributed by atoms with Gasteiger partial charge in [0.05, 0.1) is 23.3 Å². The molecule has 2 aromatic carbocycles. The van der Waals surface area contributed by atoms with Gasteiger partial charge in [0.25, 0.3) is 5.91 Å². The molecule has 0 fully saturated rings. The molecule has 146 valence electrons. The summed E-state index contributed by atoms with van der Waals surface area (Å²) in [7, 11) is 0. The fourth-order valence-corrected chi connectivity index (χ4v) is 1.58. The number of hydrogen-bond acceptors (Lipinski definition) is 4. The quantitative estimate of drug-likeness (QED) is 0.764. The first-order valence-electron chi connectivity index (χ1n) is 8.20. The minimum absolute atomic E-state index is 0.237. The van der Waals surface area contributed by atoms with Gasteiger partial charge in [0.1, 0.15) is 0 Å². The van der Waals surface area contributed by atoms with Crippen LogP contribution in [0.25, 0.3) is 0 Å². The lowest BCUT2D eigenvalue weighted by molar-refractivity contribution is -0.137. The highest BCUT2D eigenvalue weighted by atomic mass is 19.3. The van der Waals surface area contributed by atoms with Gasteiger partial charge in [-0.2, -0.15) is 19.3 Å². The number of hydrogen-bond donors (Lipinski definition) is 2. The molecule has 2 rings (SSSR count). The molecule has 0 saturated carbocycles. The number of carbonyl (C=O) groups excluding carboxylic acids is 2. The lowest BCUT2D eigenvalue weighted by Gasteiger charge is -2.10. The normalized spacial score (nSPS) is 9.11. The van der Waals surface area contributed by atoms with Crippen LogP contribution in [-0.2, 0) is 9.59 Å². The third-order valence-electron chi connectivity index (χ3n) is 2.91. The summed E-state index contributed by atoms with van der Waals surface area (Å²) < 4.78 is 25.0. The summed E-state index contributed by atoms with van der Waals surface area (Å²) in [5, 5.41) is 21.4. The smallest absolute Gasteiger partial charge is 0.322 e. The fourth-order valence-electron chi connectivity index (χ4n) is 1.58. The molecule has 2 N–H and O–H groups in total. The van der Waals surface area contributed by atoms with Gasteiger partial charge in [-0.05, 0) is 48.5 Å². The van der Waals surface area contributed by atoms with Crippen LogP contribution >= 0.6 is 0 Å². The first kappa shape index (κ1) is 24.2. The minimum atomic E-state index is -3.41. The second-order valence-electron chi connectivity index (χ2n) is 4.98. The van der Waals surface area contributed by atoms with E-state index < -0.39 is 11.8 Å². The predicted octanol–water partition coefficient (Wildman–Crippen LogP) is 4.30. The summed E-state index contributed by atoms with van der Waals surface area (Å²) in [6.45, 7) is 4.52. The zero-order valence-corrected chi connectivity index (χ0v) is 15.7. The Bertz CT molecular complexity index is 831. The SMILES string of the molecule is CC.CC(F)(F)C(=O)Nc1ccc(C#N)cc1.N#Cc1ccc(NC=O)cc1. The van der Waals surface area contributed by atoms with Crippen LogP contribution in [0, 0.1) is 22.7 Å². The molecule has 6 nitrogen and oxygen atoms in total. The van der Waals surface area contributed by atoms with Crippen molar-refractivity contribution < 1.29 is 18.4 Å². The van der Waals surface area contributed by atoms with Gasteiger partial charge in [-0.3, -0.25) is 9.59 Å². The van der Waals surface area contributed by atoms with Crippen molar-refractivity contribution in [2.24, 2.45) is 0 Å². The van der Waals surface area contributed by atoms with Crippen LogP contribution in [0.3, 0.4) is 0 Å². The summed E-state index contributed by atoms with van der Waals surface area (Å²) in [5.41, 5.74) is 1.91. The zero-order chi connectivity index (χ0) is 21.6. The Morgan fingerprint density at radius 3 is 1.64 bits per heavy atom. The van der Waals surface area contributed by atoms with Crippen LogP contribution in [0.2, 0.25) is 0 Å². The van der Waals surface area contributed by atoms with Crippen molar-refractivity contribution >= 4 is 23.7 Å². The molecule has 2 amide bonds. The highest BCUT2D eigenvalue weighted by Gasteiger charge is 2.32. The number of nitrogens with one attached hydrogen (secondary N) is 2. The van der Waals surface area contributed by atoms with E-state index in [1.807, 2.05) is 31.3 Å². The number of anilines is 2. The van der Waals surface area contributed by atoms with Crippen LogP contribution in [0.15, 0.2) is 48.5 Å². The lowest BCUT2D eigenvalue weighted by Crippen LogP contribution is -2.31. The molecule has 28 heavy (non-hydrogen) atoms. The first-order valence-corrected chi connectivity index (χ1v) is 8.20. The van der Waals surface area contributed by atoms with E-state index in [2.05, 4.69) is 5.32 Å². The summed E-state index contributed by atoms with van der Waals surface area (Å²) >= 11 is 0. The number of nitriles is 2. The van der Waals surface area contributed by atoms with E-state index in [0.29, 0.717) is 30.1 Å². The Kier molecular flexibility index (Phi) is 10.9. The largest absolute Gasteiger partial charge is 0.329 e. The van der Waals surface area contributed by atoms with E-state index in [4.69, 9.17) is 10.5 Å². The van der Waals surface area contributed by atoms with E-state index in [-0.39, 0.29) is 5.69 Å². The molecule has 0 aliphatic rings. The van der Waals surface area contributed by atoms with Crippen LogP contribution in [0.4, 0.5) is 20.2 Å². The van der Waals surface area contributed by atoms with Crippen molar-refractivity contribution in [1.29, 1.82) is 10.5 Å². The third-order valence-corrected chi connectivity index (χ3v) is 2.91. The van der Waals surface area contributed by atoms with Gasteiger partial charge < -0.3 is 10.6 Å². The molecule has 0 heterocycles. The third kappa shape index (κ3) is 9.07. The van der Waals surface area contributed by atoms with E-state index >= 15 is 0 Å². The minimum Gasteiger partial charge on any atom is -0.329 e. The lowest BCUT2D eigenvalue weighted by atomic mass is 10.2. The van der Waals surface area contributed by atoms with Crippen molar-refractivity contribution in [2.45, 2.75) is 26.7 Å². The maximum atomic E-state index is 12.5. The molecule has 0 bridgehead atoms. The standard InChI is InChI=1S/C10H8F2N2O.C8H6N2O.C2H6/c1-10(11,12)9(15)14-8-4-2-7(6-13)3-5-8;9-5-7-1-3-8(4-2-7)10-6-11;1-2/h2-5H,1H3,(H,14,15);1-4,6H,(H,10,11);1-2H3. The second-order valence-corrected chi connectivity index (χ2v) is 4.98. The molecule has 0 aliphatic heterocycles. The van der Waals surface area contributed by atoms with Gasteiger partial charge in [0, 0.05) is 18.3 Å². The Balaban J connectivity index is 0.000000497. The van der Waals surface area contributed by atoms with Gasteiger partial charge in [0.2, 0.25) is 6.41 Å². The van der Waals surface area contributed by atoms with Gasteiger partial charge in [0.15, 0.2) is 0 Å². The molecule has 0 spiro atoms. The number of rotatable bonds is 4. The van der Waals surface area contributed by atoms with E-state index in [9.17, 15) is 18.4 Å².